The van der Waals surface area contributed by atoms with Crippen molar-refractivity contribution in [1.29, 1.82) is 0 Å². The van der Waals surface area contributed by atoms with Crippen molar-refractivity contribution < 1.29 is 0 Å². The predicted octanol–water partition coefficient (Wildman–Crippen LogP) is 11.3. The summed E-state index contributed by atoms with van der Waals surface area (Å²) in [6, 6.07) is 57.4. The second kappa shape index (κ2) is 9.22. The monoisotopic (exact) mass is 506 g/mol. The van der Waals surface area contributed by atoms with E-state index in [1.165, 1.54) is 76.8 Å². The van der Waals surface area contributed by atoms with Crippen molar-refractivity contribution in [3.8, 4) is 44.5 Å². The topological polar surface area (TPSA) is 0 Å². The average molecular weight is 507 g/mol. The van der Waals surface area contributed by atoms with Crippen LogP contribution in [0.2, 0.25) is 0 Å². The van der Waals surface area contributed by atoms with Crippen LogP contribution in [0.4, 0.5) is 0 Å². The van der Waals surface area contributed by atoms with E-state index < -0.39 is 0 Å². The van der Waals surface area contributed by atoms with E-state index in [0.29, 0.717) is 0 Å². The van der Waals surface area contributed by atoms with Gasteiger partial charge in [-0.3, -0.25) is 0 Å². The molecule has 0 atom stereocenters. The third kappa shape index (κ3) is 3.54. The summed E-state index contributed by atoms with van der Waals surface area (Å²) in [5, 5.41) is 7.83. The van der Waals surface area contributed by atoms with Gasteiger partial charge in [-0.05, 0) is 89.0 Å². The Morgan fingerprint density at radius 3 is 1.05 bits per heavy atom. The van der Waals surface area contributed by atoms with Gasteiger partial charge in [0, 0.05) is 0 Å². The molecule has 0 aromatic heterocycles. The number of hydrogen-bond donors (Lipinski definition) is 0. The van der Waals surface area contributed by atoms with Gasteiger partial charge in [0.1, 0.15) is 0 Å². The Balaban J connectivity index is 1.44. The van der Waals surface area contributed by atoms with Crippen molar-refractivity contribution in [2.24, 2.45) is 0 Å². The molecule has 186 valence electrons. The van der Waals surface area contributed by atoms with Crippen LogP contribution in [0.5, 0.6) is 0 Å². The first kappa shape index (κ1) is 22.8. The minimum absolute atomic E-state index is 1.24. The van der Waals surface area contributed by atoms with E-state index in [9.17, 15) is 0 Å². The molecule has 0 radical (unpaired) electrons. The van der Waals surface area contributed by atoms with E-state index in [0.717, 1.165) is 0 Å². The molecule has 8 aromatic rings. The molecule has 0 spiro atoms. The Morgan fingerprint density at radius 1 is 0.250 bits per heavy atom. The molecular weight excluding hydrogens is 480 g/mol. The number of benzene rings is 8. The lowest BCUT2D eigenvalue weighted by Crippen LogP contribution is -1.93. The summed E-state index contributed by atoms with van der Waals surface area (Å²) < 4.78 is 0. The minimum Gasteiger partial charge on any atom is -0.0622 e. The first-order chi connectivity index (χ1) is 19.9. The van der Waals surface area contributed by atoms with E-state index in [1.807, 2.05) is 0 Å². The van der Waals surface area contributed by atoms with Gasteiger partial charge in [0.15, 0.2) is 0 Å². The highest BCUT2D eigenvalue weighted by Gasteiger charge is 2.19. The van der Waals surface area contributed by atoms with Crippen LogP contribution in [0.25, 0.3) is 76.8 Å². The van der Waals surface area contributed by atoms with Crippen LogP contribution >= 0.6 is 0 Å². The lowest BCUT2D eigenvalue weighted by atomic mass is 9.83. The normalized spacial score (nSPS) is 11.5. The molecule has 0 heteroatoms. The molecule has 0 unspecified atom stereocenters. The quantitative estimate of drug-likeness (QED) is 0.208. The molecule has 0 aliphatic carbocycles. The minimum atomic E-state index is 1.24. The largest absolute Gasteiger partial charge is 0.0622 e. The Morgan fingerprint density at radius 2 is 0.625 bits per heavy atom. The SMILES string of the molecule is c1ccc(-c2ccccc2-c2cc3cccc4c(-c5ccccc5-c5ccccc5)cc5cccc2c5c34)cc1. The lowest BCUT2D eigenvalue weighted by Gasteiger charge is -2.20. The Kier molecular flexibility index (Phi) is 5.24. The number of rotatable bonds is 4. The molecule has 40 heavy (non-hydrogen) atoms. The summed E-state index contributed by atoms with van der Waals surface area (Å²) in [4.78, 5) is 0. The zero-order valence-corrected chi connectivity index (χ0v) is 22.0. The molecule has 0 bridgehead atoms. The molecule has 8 rings (SSSR count). The van der Waals surface area contributed by atoms with Crippen molar-refractivity contribution in [2.45, 2.75) is 0 Å². The molecule has 0 heterocycles. The molecule has 0 aliphatic rings. The van der Waals surface area contributed by atoms with Gasteiger partial charge in [0.05, 0.1) is 0 Å². The molecule has 0 saturated heterocycles. The summed E-state index contributed by atoms with van der Waals surface area (Å²) in [7, 11) is 0. The summed E-state index contributed by atoms with van der Waals surface area (Å²) in [5.74, 6) is 0. The molecule has 0 N–H and O–H groups in total. The fraction of sp³-hybridized carbons (Fsp3) is 0. The summed E-state index contributed by atoms with van der Waals surface area (Å²) in [5.41, 5.74) is 10.1. The summed E-state index contributed by atoms with van der Waals surface area (Å²) >= 11 is 0. The number of hydrogen-bond acceptors (Lipinski definition) is 0. The molecule has 0 saturated carbocycles. The highest BCUT2D eigenvalue weighted by molar-refractivity contribution is 6.29. The van der Waals surface area contributed by atoms with E-state index in [4.69, 9.17) is 0 Å². The maximum absolute atomic E-state index is 2.40. The maximum atomic E-state index is 2.40. The zero-order chi connectivity index (χ0) is 26.5. The van der Waals surface area contributed by atoms with Gasteiger partial charge in [0.25, 0.3) is 0 Å². The van der Waals surface area contributed by atoms with Gasteiger partial charge in [-0.2, -0.15) is 0 Å². The summed E-state index contributed by atoms with van der Waals surface area (Å²) in [6.07, 6.45) is 0. The van der Waals surface area contributed by atoms with Crippen molar-refractivity contribution >= 4 is 32.3 Å². The Labute approximate surface area is 234 Å². The van der Waals surface area contributed by atoms with Crippen LogP contribution in [0, 0.1) is 0 Å². The molecule has 0 amide bonds. The third-order valence-electron chi connectivity index (χ3n) is 8.23. The lowest BCUT2D eigenvalue weighted by molar-refractivity contribution is 1.60. The second-order valence-electron chi connectivity index (χ2n) is 10.5. The molecule has 8 aromatic carbocycles. The third-order valence-corrected chi connectivity index (χ3v) is 8.23. The Hall–Kier alpha value is -5.20. The van der Waals surface area contributed by atoms with Crippen molar-refractivity contribution in [1.82, 2.24) is 0 Å². The molecule has 0 fully saturated rings. The van der Waals surface area contributed by atoms with Crippen LogP contribution in [-0.2, 0) is 0 Å². The van der Waals surface area contributed by atoms with Gasteiger partial charge in [-0.25, -0.2) is 0 Å². The van der Waals surface area contributed by atoms with Crippen molar-refractivity contribution in [3.05, 3.63) is 158 Å². The van der Waals surface area contributed by atoms with Gasteiger partial charge < -0.3 is 0 Å². The van der Waals surface area contributed by atoms with Gasteiger partial charge in [0.2, 0.25) is 0 Å². The highest BCUT2D eigenvalue weighted by Crippen LogP contribution is 2.46. The first-order valence-corrected chi connectivity index (χ1v) is 13.9. The van der Waals surface area contributed by atoms with E-state index in [-0.39, 0.29) is 0 Å². The smallest absolute Gasteiger partial charge is 0.00201 e. The van der Waals surface area contributed by atoms with Gasteiger partial charge in [-0.1, -0.05) is 146 Å². The van der Waals surface area contributed by atoms with Crippen molar-refractivity contribution in [2.75, 3.05) is 0 Å². The molecular formula is C40H26. The predicted molar refractivity (Wildman–Crippen MR) is 172 cm³/mol. The zero-order valence-electron chi connectivity index (χ0n) is 22.0. The van der Waals surface area contributed by atoms with Crippen LogP contribution in [-0.4, -0.2) is 0 Å². The van der Waals surface area contributed by atoms with E-state index >= 15 is 0 Å². The fourth-order valence-electron chi connectivity index (χ4n) is 6.47. The van der Waals surface area contributed by atoms with Crippen LogP contribution < -0.4 is 0 Å². The van der Waals surface area contributed by atoms with Crippen LogP contribution in [0.3, 0.4) is 0 Å². The highest BCUT2D eigenvalue weighted by atomic mass is 14.2. The van der Waals surface area contributed by atoms with Gasteiger partial charge >= 0.3 is 0 Å². The Bertz CT molecular complexity index is 1980. The van der Waals surface area contributed by atoms with Crippen LogP contribution in [0.15, 0.2) is 158 Å². The standard InChI is InChI=1S/C40H26/c1-3-13-27(14-4-1)31-19-7-9-21-33(31)37-25-29-17-12-24-36-38(26-30-18-11-23-35(37)39(30)40(29)36)34-22-10-8-20-32(34)28-15-5-2-6-16-28/h1-26H. The summed E-state index contributed by atoms with van der Waals surface area (Å²) in [6.45, 7) is 0. The molecule has 0 aliphatic heterocycles. The fourth-order valence-corrected chi connectivity index (χ4v) is 6.47. The van der Waals surface area contributed by atoms with E-state index in [2.05, 4.69) is 158 Å². The van der Waals surface area contributed by atoms with Gasteiger partial charge in [-0.15, -0.1) is 0 Å². The second-order valence-corrected chi connectivity index (χ2v) is 10.5. The average Bonchev–Trinajstić information content (AvgIpc) is 3.04. The first-order valence-electron chi connectivity index (χ1n) is 13.9. The van der Waals surface area contributed by atoms with E-state index in [1.54, 1.807) is 0 Å². The maximum Gasteiger partial charge on any atom is -0.00201 e. The molecule has 0 nitrogen and oxygen atoms in total. The van der Waals surface area contributed by atoms with Crippen molar-refractivity contribution in [3.63, 3.8) is 0 Å². The van der Waals surface area contributed by atoms with Crippen LogP contribution in [0.1, 0.15) is 0 Å².